The number of hydrogen-bond acceptors (Lipinski definition) is 3. The van der Waals surface area contributed by atoms with Gasteiger partial charge in [0.2, 0.25) is 0 Å². The van der Waals surface area contributed by atoms with E-state index in [1.54, 1.807) is 0 Å². The zero-order valence-corrected chi connectivity index (χ0v) is 17.0. The van der Waals surface area contributed by atoms with Crippen molar-refractivity contribution in [1.29, 1.82) is 0 Å². The Balaban J connectivity index is 1.88. The van der Waals surface area contributed by atoms with Crippen molar-refractivity contribution in [3.8, 4) is 0 Å². The van der Waals surface area contributed by atoms with Gasteiger partial charge in [0.15, 0.2) is 0 Å². The molecule has 0 amide bonds. The fourth-order valence-electron chi connectivity index (χ4n) is 3.64. The Bertz CT molecular complexity index is 825. The number of hydrogen-bond donors (Lipinski definition) is 0. The van der Waals surface area contributed by atoms with Gasteiger partial charge in [0.05, 0.1) is 17.2 Å². The van der Waals surface area contributed by atoms with Crippen LogP contribution in [0, 0.1) is 0 Å². The molecule has 0 aliphatic rings. The number of unbranched alkanes of at least 4 members (excludes halogenated alkanes) is 5. The molecule has 0 bridgehead atoms. The summed E-state index contributed by atoms with van der Waals surface area (Å²) in [6.45, 7) is 3.34. The van der Waals surface area contributed by atoms with E-state index in [0.29, 0.717) is 0 Å². The lowest BCUT2D eigenvalue weighted by molar-refractivity contribution is 0.576. The van der Waals surface area contributed by atoms with Gasteiger partial charge in [-0.1, -0.05) is 50.8 Å². The first kappa shape index (κ1) is 19.2. The average molecular weight is 370 g/mol. The second-order valence-electron chi connectivity index (χ2n) is 7.05. The predicted molar refractivity (Wildman–Crippen MR) is 115 cm³/mol. The third-order valence-corrected chi connectivity index (χ3v) is 5.74. The van der Waals surface area contributed by atoms with Crippen molar-refractivity contribution in [3.63, 3.8) is 0 Å². The Morgan fingerprint density at radius 2 is 1.81 bits per heavy atom. The first-order valence-electron chi connectivity index (χ1n) is 10.1. The molecule has 0 saturated carbocycles. The van der Waals surface area contributed by atoms with Crippen molar-refractivity contribution in [2.75, 3.05) is 12.0 Å². The third kappa shape index (κ3) is 4.59. The van der Waals surface area contributed by atoms with Crippen LogP contribution in [0.15, 0.2) is 30.5 Å². The first-order chi connectivity index (χ1) is 12.8. The fourth-order valence-corrected chi connectivity index (χ4v) is 4.14. The highest BCUT2D eigenvalue weighted by Gasteiger charge is 2.13. The topological polar surface area (TPSA) is 30.7 Å². The lowest BCUT2D eigenvalue weighted by atomic mass is 10.1. The summed E-state index contributed by atoms with van der Waals surface area (Å²) in [6, 6.07) is 8.47. The number of pyridine rings is 1. The number of nitrogens with zero attached hydrogens (tertiary/aromatic N) is 3. The number of aromatic nitrogens is 3. The van der Waals surface area contributed by atoms with Gasteiger partial charge in [0.1, 0.15) is 11.3 Å². The second-order valence-corrected chi connectivity index (χ2v) is 8.04. The van der Waals surface area contributed by atoms with Crippen molar-refractivity contribution in [2.24, 2.45) is 0 Å². The van der Waals surface area contributed by atoms with Gasteiger partial charge >= 0.3 is 0 Å². The van der Waals surface area contributed by atoms with Gasteiger partial charge in [-0.25, -0.2) is 4.98 Å². The minimum atomic E-state index is 1.05. The fraction of sp³-hybridized carbons (Fsp3) is 0.545. The third-order valence-electron chi connectivity index (χ3n) is 5.04. The van der Waals surface area contributed by atoms with Crippen molar-refractivity contribution < 1.29 is 0 Å². The summed E-state index contributed by atoms with van der Waals surface area (Å²) in [5.74, 6) is 2.51. The molecule has 0 fully saturated rings. The van der Waals surface area contributed by atoms with Gasteiger partial charge in [-0.15, -0.1) is 0 Å². The summed E-state index contributed by atoms with van der Waals surface area (Å²) in [6.07, 6.45) is 14.2. The Hall–Kier alpha value is -1.55. The van der Waals surface area contributed by atoms with Crippen molar-refractivity contribution in [3.05, 3.63) is 36.3 Å². The maximum Gasteiger partial charge on any atom is 0.109 e. The number of fused-ring (bicyclic) bond motifs is 3. The second kappa shape index (κ2) is 9.96. The molecule has 0 aliphatic heterocycles. The molecule has 0 spiro atoms. The molecule has 4 heteroatoms. The molecule has 26 heavy (non-hydrogen) atoms. The minimum Gasteiger partial charge on any atom is -0.327 e. The molecular formula is C22H31N3S. The predicted octanol–water partition coefficient (Wildman–Crippen LogP) is 6.24. The Morgan fingerprint density at radius 3 is 2.65 bits per heavy atom. The molecule has 140 valence electrons. The maximum atomic E-state index is 4.97. The summed E-state index contributed by atoms with van der Waals surface area (Å²) >= 11 is 1.95. The molecule has 1 aromatic carbocycles. The quantitative estimate of drug-likeness (QED) is 0.375. The van der Waals surface area contributed by atoms with Crippen LogP contribution in [0.2, 0.25) is 0 Å². The molecule has 3 aromatic rings. The van der Waals surface area contributed by atoms with E-state index in [9.17, 15) is 0 Å². The molecule has 0 saturated heterocycles. The molecular weight excluding hydrogens is 338 g/mol. The lowest BCUT2D eigenvalue weighted by Crippen LogP contribution is -2.05. The normalized spacial score (nSPS) is 11.6. The van der Waals surface area contributed by atoms with E-state index in [1.165, 1.54) is 67.4 Å². The molecule has 0 unspecified atom stereocenters. The number of thioether (sulfide) groups is 1. The van der Waals surface area contributed by atoms with Crippen LogP contribution in [-0.2, 0) is 13.0 Å². The van der Waals surface area contributed by atoms with Crippen LogP contribution in [0.1, 0.15) is 57.7 Å². The van der Waals surface area contributed by atoms with Gasteiger partial charge in [-0.3, -0.25) is 4.98 Å². The lowest BCUT2D eigenvalue weighted by Gasteiger charge is -2.10. The molecule has 3 rings (SSSR count). The number of rotatable bonds is 11. The maximum absolute atomic E-state index is 4.97. The van der Waals surface area contributed by atoms with Gasteiger partial charge in [0.25, 0.3) is 0 Å². The molecule has 2 heterocycles. The molecule has 2 aromatic heterocycles. The van der Waals surface area contributed by atoms with Crippen LogP contribution < -0.4 is 0 Å². The van der Waals surface area contributed by atoms with E-state index in [-0.39, 0.29) is 0 Å². The van der Waals surface area contributed by atoms with Gasteiger partial charge in [-0.05, 0) is 37.3 Å². The highest BCUT2D eigenvalue weighted by Crippen LogP contribution is 2.26. The van der Waals surface area contributed by atoms with Crippen LogP contribution in [0.4, 0.5) is 0 Å². The van der Waals surface area contributed by atoms with Crippen molar-refractivity contribution in [2.45, 2.75) is 64.8 Å². The minimum absolute atomic E-state index is 1.05. The zero-order valence-electron chi connectivity index (χ0n) is 16.2. The molecule has 3 nitrogen and oxygen atoms in total. The van der Waals surface area contributed by atoms with E-state index in [4.69, 9.17) is 4.98 Å². The molecule has 0 radical (unpaired) electrons. The van der Waals surface area contributed by atoms with E-state index >= 15 is 0 Å². The van der Waals surface area contributed by atoms with E-state index in [0.717, 1.165) is 24.0 Å². The highest BCUT2D eigenvalue weighted by molar-refractivity contribution is 7.98. The standard InChI is InChI=1S/C22H31N3S/c1-3-4-5-7-14-21-24-20-17-23-19-13-9-8-12-18(19)22(20)25(21)15-10-6-11-16-26-2/h8-9,12-13,17H,3-7,10-11,14-16H2,1-2H3. The first-order valence-corrected chi connectivity index (χ1v) is 11.5. The Labute approximate surface area is 161 Å². The van der Waals surface area contributed by atoms with Crippen LogP contribution in [0.5, 0.6) is 0 Å². The number of aryl methyl sites for hydroxylation is 2. The van der Waals surface area contributed by atoms with E-state index < -0.39 is 0 Å². The summed E-state index contributed by atoms with van der Waals surface area (Å²) in [7, 11) is 0. The zero-order chi connectivity index (χ0) is 18.2. The van der Waals surface area contributed by atoms with Gasteiger partial charge < -0.3 is 4.57 Å². The number of benzene rings is 1. The summed E-state index contributed by atoms with van der Waals surface area (Å²) < 4.78 is 2.49. The average Bonchev–Trinajstić information content (AvgIpc) is 3.03. The Kier molecular flexibility index (Phi) is 7.36. The van der Waals surface area contributed by atoms with Crippen molar-refractivity contribution in [1.82, 2.24) is 14.5 Å². The number of imidazole rings is 1. The van der Waals surface area contributed by atoms with Gasteiger partial charge in [-0.2, -0.15) is 11.8 Å². The molecule has 0 N–H and O–H groups in total. The summed E-state index contributed by atoms with van der Waals surface area (Å²) in [5, 5.41) is 1.24. The van der Waals surface area contributed by atoms with E-state index in [2.05, 4.69) is 47.0 Å². The summed E-state index contributed by atoms with van der Waals surface area (Å²) in [5.41, 5.74) is 3.41. The highest BCUT2D eigenvalue weighted by atomic mass is 32.2. The largest absolute Gasteiger partial charge is 0.327 e. The molecule has 0 atom stereocenters. The Morgan fingerprint density at radius 1 is 0.962 bits per heavy atom. The van der Waals surface area contributed by atoms with Crippen LogP contribution in [0.25, 0.3) is 21.9 Å². The van der Waals surface area contributed by atoms with Crippen LogP contribution >= 0.6 is 11.8 Å². The van der Waals surface area contributed by atoms with Crippen molar-refractivity contribution >= 4 is 33.7 Å². The SMILES string of the molecule is CCCCCCc1nc2cnc3ccccc3c2n1CCCCCSC. The van der Waals surface area contributed by atoms with E-state index in [1.807, 2.05) is 18.0 Å². The number of para-hydroxylation sites is 1. The van der Waals surface area contributed by atoms with Gasteiger partial charge in [0, 0.05) is 18.4 Å². The smallest absolute Gasteiger partial charge is 0.109 e. The van der Waals surface area contributed by atoms with Crippen LogP contribution in [0.3, 0.4) is 0 Å². The molecule has 0 aliphatic carbocycles. The summed E-state index contributed by atoms with van der Waals surface area (Å²) in [4.78, 5) is 9.59. The van der Waals surface area contributed by atoms with Crippen LogP contribution in [-0.4, -0.2) is 26.5 Å². The monoisotopic (exact) mass is 369 g/mol.